The van der Waals surface area contributed by atoms with Crippen molar-refractivity contribution in [1.29, 1.82) is 0 Å². The number of benzene rings is 1. The molecule has 1 N–H and O–H groups in total. The Morgan fingerprint density at radius 1 is 1.43 bits per heavy atom. The van der Waals surface area contributed by atoms with Gasteiger partial charge in [0.1, 0.15) is 12.4 Å². The molecular weight excluding hydrogens is 274 g/mol. The summed E-state index contributed by atoms with van der Waals surface area (Å²) >= 11 is 0. The Labute approximate surface area is 121 Å². The molecule has 21 heavy (non-hydrogen) atoms. The van der Waals surface area contributed by atoms with E-state index in [9.17, 15) is 10.1 Å². The van der Waals surface area contributed by atoms with E-state index in [-0.39, 0.29) is 18.0 Å². The Morgan fingerprint density at radius 3 is 2.76 bits per heavy atom. The lowest BCUT2D eigenvalue weighted by Crippen LogP contribution is -2.08. The highest BCUT2D eigenvalue weighted by Crippen LogP contribution is 2.28. The molecule has 0 aliphatic rings. The molecule has 0 aliphatic heterocycles. The van der Waals surface area contributed by atoms with Gasteiger partial charge in [0.15, 0.2) is 11.6 Å². The molecule has 0 saturated heterocycles. The number of nitrogens with one attached hydrogen (secondary N) is 1. The van der Waals surface area contributed by atoms with Crippen LogP contribution >= 0.6 is 0 Å². The highest BCUT2D eigenvalue weighted by Gasteiger charge is 2.16. The van der Waals surface area contributed by atoms with Crippen molar-refractivity contribution < 1.29 is 9.66 Å². The minimum Gasteiger partial charge on any atom is -0.479 e. The first-order chi connectivity index (χ1) is 10.0. The molecule has 112 valence electrons. The second-order valence-corrected chi connectivity index (χ2v) is 4.60. The monoisotopic (exact) mass is 291 g/mol. The number of rotatable bonds is 6. The normalized spacial score (nSPS) is 10.6. The Hall–Kier alpha value is -2.48. The van der Waals surface area contributed by atoms with Gasteiger partial charge >= 0.3 is 5.69 Å². The number of ether oxygens (including phenoxy) is 1. The Kier molecular flexibility index (Phi) is 4.49. The maximum absolute atomic E-state index is 11.1. The van der Waals surface area contributed by atoms with Crippen LogP contribution in [0.25, 0.3) is 0 Å². The molecule has 1 aromatic carbocycles. The van der Waals surface area contributed by atoms with E-state index in [1.54, 1.807) is 16.7 Å². The predicted molar refractivity (Wildman–Crippen MR) is 75.9 cm³/mol. The Balaban J connectivity index is 2.22. The Bertz CT molecular complexity index is 653. The predicted octanol–water partition coefficient (Wildman–Crippen LogP) is 1.33. The quantitative estimate of drug-likeness (QED) is 0.637. The van der Waals surface area contributed by atoms with E-state index in [4.69, 9.17) is 4.74 Å². The van der Waals surface area contributed by atoms with Gasteiger partial charge in [0.05, 0.1) is 4.92 Å². The number of nitro benzene ring substituents is 1. The van der Waals surface area contributed by atoms with Crippen LogP contribution in [-0.2, 0) is 20.2 Å². The van der Waals surface area contributed by atoms with E-state index >= 15 is 0 Å². The molecule has 0 bridgehead atoms. The molecule has 0 unspecified atom stereocenters. The number of aromatic nitrogens is 3. The minimum atomic E-state index is -0.458. The van der Waals surface area contributed by atoms with Gasteiger partial charge in [-0.15, -0.1) is 10.2 Å². The van der Waals surface area contributed by atoms with Crippen LogP contribution in [0, 0.1) is 17.0 Å². The van der Waals surface area contributed by atoms with Crippen molar-refractivity contribution in [3.8, 4) is 5.75 Å². The maximum atomic E-state index is 11.1. The van der Waals surface area contributed by atoms with E-state index in [1.165, 1.54) is 6.07 Å². The van der Waals surface area contributed by atoms with Gasteiger partial charge in [0, 0.05) is 19.7 Å². The lowest BCUT2D eigenvalue weighted by atomic mass is 10.2. The zero-order valence-electron chi connectivity index (χ0n) is 12.2. The first kappa shape index (κ1) is 14.9. The van der Waals surface area contributed by atoms with E-state index in [0.717, 1.165) is 11.4 Å². The van der Waals surface area contributed by atoms with Gasteiger partial charge in [0.2, 0.25) is 0 Å². The summed E-state index contributed by atoms with van der Waals surface area (Å²) in [7, 11) is 3.63. The summed E-state index contributed by atoms with van der Waals surface area (Å²) in [6.07, 6.45) is 0. The van der Waals surface area contributed by atoms with Crippen LogP contribution in [0.4, 0.5) is 5.69 Å². The fourth-order valence-electron chi connectivity index (χ4n) is 1.86. The standard InChI is InChI=1S/C13H17N5O3/c1-9-15-16-13(17(9)3)8-21-12-6-10(7-14-2)4-5-11(12)18(19)20/h4-6,14H,7-8H2,1-3H3. The summed E-state index contributed by atoms with van der Waals surface area (Å²) in [5.74, 6) is 1.60. The molecule has 0 atom stereocenters. The van der Waals surface area contributed by atoms with Crippen molar-refractivity contribution in [1.82, 2.24) is 20.1 Å². The van der Waals surface area contributed by atoms with Crippen LogP contribution in [0.15, 0.2) is 18.2 Å². The van der Waals surface area contributed by atoms with E-state index in [1.807, 2.05) is 21.0 Å². The third-order valence-corrected chi connectivity index (χ3v) is 3.14. The SMILES string of the molecule is CNCc1ccc([N+](=O)[O-])c(OCc2nnc(C)n2C)c1. The molecule has 0 radical (unpaired) electrons. The van der Waals surface area contributed by atoms with E-state index in [2.05, 4.69) is 15.5 Å². The third-order valence-electron chi connectivity index (χ3n) is 3.14. The fourth-order valence-corrected chi connectivity index (χ4v) is 1.86. The molecule has 0 amide bonds. The fraction of sp³-hybridized carbons (Fsp3) is 0.385. The first-order valence-electron chi connectivity index (χ1n) is 6.42. The smallest absolute Gasteiger partial charge is 0.310 e. The number of hydrogen-bond donors (Lipinski definition) is 1. The van der Waals surface area contributed by atoms with Crippen LogP contribution < -0.4 is 10.1 Å². The molecule has 1 heterocycles. The summed E-state index contributed by atoms with van der Waals surface area (Å²) in [6.45, 7) is 2.56. The molecule has 1 aromatic heterocycles. The second-order valence-electron chi connectivity index (χ2n) is 4.60. The van der Waals surface area contributed by atoms with Gasteiger partial charge < -0.3 is 14.6 Å². The van der Waals surface area contributed by atoms with Gasteiger partial charge in [-0.05, 0) is 25.6 Å². The van der Waals surface area contributed by atoms with Gasteiger partial charge in [0.25, 0.3) is 0 Å². The molecule has 8 heteroatoms. The van der Waals surface area contributed by atoms with E-state index < -0.39 is 4.92 Å². The second kappa shape index (κ2) is 6.31. The van der Waals surface area contributed by atoms with Gasteiger partial charge in [-0.2, -0.15) is 0 Å². The molecule has 2 rings (SSSR count). The first-order valence-corrected chi connectivity index (χ1v) is 6.42. The molecule has 2 aromatic rings. The molecule has 0 spiro atoms. The summed E-state index contributed by atoms with van der Waals surface area (Å²) in [5, 5.41) is 21.9. The van der Waals surface area contributed by atoms with Crippen LogP contribution in [0.3, 0.4) is 0 Å². The van der Waals surface area contributed by atoms with Crippen molar-refractivity contribution in [3.63, 3.8) is 0 Å². The lowest BCUT2D eigenvalue weighted by Gasteiger charge is -2.08. The Morgan fingerprint density at radius 2 is 2.19 bits per heavy atom. The topological polar surface area (TPSA) is 95.1 Å². The van der Waals surface area contributed by atoms with Crippen molar-refractivity contribution in [2.45, 2.75) is 20.1 Å². The third kappa shape index (κ3) is 3.34. The minimum absolute atomic E-state index is 0.0613. The van der Waals surface area contributed by atoms with Gasteiger partial charge in [-0.3, -0.25) is 10.1 Å². The van der Waals surface area contributed by atoms with Crippen molar-refractivity contribution >= 4 is 5.69 Å². The number of nitro groups is 1. The molecule has 0 aliphatic carbocycles. The van der Waals surface area contributed by atoms with Gasteiger partial charge in [-0.25, -0.2) is 0 Å². The zero-order chi connectivity index (χ0) is 15.4. The van der Waals surface area contributed by atoms with Crippen LogP contribution in [0.1, 0.15) is 17.2 Å². The molecular formula is C13H17N5O3. The number of aryl methyl sites for hydroxylation is 1. The summed E-state index contributed by atoms with van der Waals surface area (Å²) in [4.78, 5) is 10.6. The van der Waals surface area contributed by atoms with Crippen LogP contribution in [0.2, 0.25) is 0 Å². The lowest BCUT2D eigenvalue weighted by molar-refractivity contribution is -0.386. The van der Waals surface area contributed by atoms with Crippen LogP contribution in [0.5, 0.6) is 5.75 Å². The number of hydrogen-bond acceptors (Lipinski definition) is 6. The van der Waals surface area contributed by atoms with Crippen molar-refractivity contribution in [3.05, 3.63) is 45.5 Å². The molecule has 0 fully saturated rings. The average Bonchev–Trinajstić information content (AvgIpc) is 2.77. The molecule has 0 saturated carbocycles. The largest absolute Gasteiger partial charge is 0.479 e. The van der Waals surface area contributed by atoms with Crippen molar-refractivity contribution in [2.75, 3.05) is 7.05 Å². The van der Waals surface area contributed by atoms with Crippen molar-refractivity contribution in [2.24, 2.45) is 7.05 Å². The zero-order valence-corrected chi connectivity index (χ0v) is 12.2. The summed E-state index contributed by atoms with van der Waals surface area (Å²) < 4.78 is 7.35. The highest BCUT2D eigenvalue weighted by atomic mass is 16.6. The van der Waals surface area contributed by atoms with Crippen LogP contribution in [-0.4, -0.2) is 26.7 Å². The van der Waals surface area contributed by atoms with Gasteiger partial charge in [-0.1, -0.05) is 6.07 Å². The highest BCUT2D eigenvalue weighted by molar-refractivity contribution is 5.48. The van der Waals surface area contributed by atoms with E-state index in [0.29, 0.717) is 12.4 Å². The molecule has 8 nitrogen and oxygen atoms in total. The number of nitrogens with zero attached hydrogens (tertiary/aromatic N) is 4. The summed E-state index contributed by atoms with van der Waals surface area (Å²) in [6, 6.07) is 4.82. The summed E-state index contributed by atoms with van der Waals surface area (Å²) in [5.41, 5.74) is 0.848. The average molecular weight is 291 g/mol. The maximum Gasteiger partial charge on any atom is 0.310 e.